The lowest BCUT2D eigenvalue weighted by molar-refractivity contribution is -0.121. The van der Waals surface area contributed by atoms with E-state index in [1.807, 2.05) is 5.43 Å². The number of primary amides is 1. The summed E-state index contributed by atoms with van der Waals surface area (Å²) in [5, 5.41) is 2.47. The summed E-state index contributed by atoms with van der Waals surface area (Å²) in [6.45, 7) is 2.88. The molecule has 0 radical (unpaired) electrons. The van der Waals surface area contributed by atoms with Crippen molar-refractivity contribution in [1.82, 2.24) is 4.98 Å². The number of carbonyl (C=O) groups excluding carboxylic acids is 1. The smallest absolute Gasteiger partial charge is 0.242 e. The molecule has 0 aliphatic heterocycles. The lowest BCUT2D eigenvalue weighted by Gasteiger charge is -2.23. The molecular weight excluding hydrogens is 232 g/mol. The summed E-state index contributed by atoms with van der Waals surface area (Å²) in [7, 11) is 0. The van der Waals surface area contributed by atoms with Crippen molar-refractivity contribution in [2.45, 2.75) is 19.4 Å². The molecule has 0 fully saturated rings. The van der Waals surface area contributed by atoms with E-state index < -0.39 is 23.1 Å². The third-order valence-corrected chi connectivity index (χ3v) is 2.11. The molecule has 1 amide bonds. The van der Waals surface area contributed by atoms with Gasteiger partial charge in [-0.1, -0.05) is 0 Å². The van der Waals surface area contributed by atoms with Crippen LogP contribution in [0.4, 0.5) is 20.4 Å². The quantitative estimate of drug-likeness (QED) is 0.451. The molecule has 6 N–H and O–H groups in total. The predicted molar refractivity (Wildman–Crippen MR) is 58.9 cm³/mol. The molecular formula is C9H13F2N5O. The molecule has 0 bridgehead atoms. The number of pyridine rings is 1. The molecule has 0 unspecified atom stereocenters. The minimum absolute atomic E-state index is 0.317. The molecule has 17 heavy (non-hydrogen) atoms. The molecule has 1 heterocycles. The van der Waals surface area contributed by atoms with Crippen molar-refractivity contribution >= 4 is 17.5 Å². The molecule has 8 heteroatoms. The summed E-state index contributed by atoms with van der Waals surface area (Å²) in [5.74, 6) is 1.75. The number of hydrazine groups is 1. The molecule has 1 aromatic heterocycles. The SMILES string of the molecule is CC(C)(Nc1nc(NN)c(F)cc1F)C(N)=O. The monoisotopic (exact) mass is 245 g/mol. The number of nitrogens with zero attached hydrogens (tertiary/aromatic N) is 1. The van der Waals surface area contributed by atoms with E-state index in [0.717, 1.165) is 0 Å². The lowest BCUT2D eigenvalue weighted by Crippen LogP contribution is -2.45. The van der Waals surface area contributed by atoms with Crippen LogP contribution in [0.3, 0.4) is 0 Å². The van der Waals surface area contributed by atoms with E-state index in [4.69, 9.17) is 11.6 Å². The van der Waals surface area contributed by atoms with Gasteiger partial charge >= 0.3 is 0 Å². The average Bonchev–Trinajstić information content (AvgIpc) is 2.21. The Morgan fingerprint density at radius 2 is 1.88 bits per heavy atom. The van der Waals surface area contributed by atoms with Crippen molar-refractivity contribution in [3.63, 3.8) is 0 Å². The summed E-state index contributed by atoms with van der Waals surface area (Å²) in [6.07, 6.45) is 0. The Morgan fingerprint density at radius 1 is 1.35 bits per heavy atom. The first-order valence-corrected chi connectivity index (χ1v) is 4.68. The Bertz CT molecular complexity index is 449. The van der Waals surface area contributed by atoms with Gasteiger partial charge in [-0.25, -0.2) is 19.6 Å². The molecule has 0 aliphatic carbocycles. The predicted octanol–water partition coefficient (Wildman–Crippen LogP) is 0.321. The maximum atomic E-state index is 13.4. The van der Waals surface area contributed by atoms with Crippen LogP contribution in [0.2, 0.25) is 0 Å². The molecule has 1 aromatic rings. The molecule has 0 spiro atoms. The summed E-state index contributed by atoms with van der Waals surface area (Å²) >= 11 is 0. The second-order valence-electron chi connectivity index (χ2n) is 3.91. The van der Waals surface area contributed by atoms with E-state index in [9.17, 15) is 13.6 Å². The Labute approximate surface area is 96.4 Å². The van der Waals surface area contributed by atoms with Gasteiger partial charge in [-0.15, -0.1) is 0 Å². The van der Waals surface area contributed by atoms with Gasteiger partial charge in [-0.05, 0) is 13.8 Å². The van der Waals surface area contributed by atoms with Crippen LogP contribution in [-0.4, -0.2) is 16.4 Å². The molecule has 0 saturated carbocycles. The number of hydrogen-bond donors (Lipinski definition) is 4. The normalized spacial score (nSPS) is 11.1. The molecule has 0 aliphatic rings. The van der Waals surface area contributed by atoms with Crippen molar-refractivity contribution in [3.8, 4) is 0 Å². The fraction of sp³-hybridized carbons (Fsp3) is 0.333. The van der Waals surface area contributed by atoms with Crippen LogP contribution in [0, 0.1) is 11.6 Å². The second kappa shape index (κ2) is 4.50. The van der Waals surface area contributed by atoms with Gasteiger partial charge in [0.05, 0.1) is 0 Å². The number of aromatic nitrogens is 1. The van der Waals surface area contributed by atoms with Crippen LogP contribution in [-0.2, 0) is 4.79 Å². The van der Waals surface area contributed by atoms with E-state index in [2.05, 4.69) is 10.3 Å². The maximum Gasteiger partial charge on any atom is 0.242 e. The standard InChI is InChI=1S/C9H13F2N5O/c1-9(2,8(12)17)15-6-4(10)3-5(11)7(14-6)16-13/h3H,13H2,1-2H3,(H2,12,17)(H2,14,15,16). The van der Waals surface area contributed by atoms with E-state index in [0.29, 0.717) is 6.07 Å². The molecule has 0 atom stereocenters. The zero-order valence-corrected chi connectivity index (χ0v) is 9.34. The highest BCUT2D eigenvalue weighted by atomic mass is 19.1. The minimum Gasteiger partial charge on any atom is -0.368 e. The average molecular weight is 245 g/mol. The van der Waals surface area contributed by atoms with Crippen molar-refractivity contribution in [1.29, 1.82) is 0 Å². The Balaban J connectivity index is 3.11. The number of halogens is 2. The van der Waals surface area contributed by atoms with Crippen LogP contribution in [0.5, 0.6) is 0 Å². The molecule has 94 valence electrons. The van der Waals surface area contributed by atoms with Crippen molar-refractivity contribution < 1.29 is 13.6 Å². The van der Waals surface area contributed by atoms with Crippen LogP contribution < -0.4 is 22.3 Å². The second-order valence-corrected chi connectivity index (χ2v) is 3.91. The first-order valence-electron chi connectivity index (χ1n) is 4.68. The van der Waals surface area contributed by atoms with Gasteiger partial charge in [-0.2, -0.15) is 0 Å². The summed E-state index contributed by atoms with van der Waals surface area (Å²) in [5.41, 5.74) is 5.85. The molecule has 1 rings (SSSR count). The summed E-state index contributed by atoms with van der Waals surface area (Å²) < 4.78 is 26.4. The highest BCUT2D eigenvalue weighted by Gasteiger charge is 2.26. The highest BCUT2D eigenvalue weighted by Crippen LogP contribution is 2.21. The lowest BCUT2D eigenvalue weighted by atomic mass is 10.1. The zero-order chi connectivity index (χ0) is 13.2. The zero-order valence-electron chi connectivity index (χ0n) is 9.34. The third-order valence-electron chi connectivity index (χ3n) is 2.11. The van der Waals surface area contributed by atoms with Gasteiger partial charge in [0.25, 0.3) is 0 Å². The first-order chi connectivity index (χ1) is 7.77. The number of hydrogen-bond acceptors (Lipinski definition) is 5. The fourth-order valence-electron chi connectivity index (χ4n) is 1.01. The van der Waals surface area contributed by atoms with Crippen LogP contribution in [0.15, 0.2) is 6.07 Å². The number of rotatable bonds is 4. The van der Waals surface area contributed by atoms with Crippen LogP contribution in [0.1, 0.15) is 13.8 Å². The first kappa shape index (κ1) is 13.1. The minimum atomic E-state index is -1.22. The van der Waals surface area contributed by atoms with Gasteiger partial charge < -0.3 is 16.5 Å². The van der Waals surface area contributed by atoms with Gasteiger partial charge in [0.2, 0.25) is 5.91 Å². The number of anilines is 2. The Kier molecular flexibility index (Phi) is 3.47. The van der Waals surface area contributed by atoms with Gasteiger partial charge in [0, 0.05) is 6.07 Å². The fourth-order valence-corrected chi connectivity index (χ4v) is 1.01. The van der Waals surface area contributed by atoms with E-state index >= 15 is 0 Å². The Morgan fingerprint density at radius 3 is 2.35 bits per heavy atom. The van der Waals surface area contributed by atoms with E-state index in [-0.39, 0.29) is 11.6 Å². The maximum absolute atomic E-state index is 13.4. The number of amides is 1. The van der Waals surface area contributed by atoms with Crippen LogP contribution in [0.25, 0.3) is 0 Å². The van der Waals surface area contributed by atoms with Gasteiger partial charge in [-0.3, -0.25) is 4.79 Å². The van der Waals surface area contributed by atoms with Gasteiger partial charge in [0.1, 0.15) is 5.54 Å². The largest absolute Gasteiger partial charge is 0.368 e. The molecule has 0 saturated heterocycles. The number of carbonyl (C=O) groups is 1. The topological polar surface area (TPSA) is 106 Å². The van der Waals surface area contributed by atoms with Crippen molar-refractivity contribution in [3.05, 3.63) is 17.7 Å². The van der Waals surface area contributed by atoms with E-state index in [1.54, 1.807) is 0 Å². The van der Waals surface area contributed by atoms with Crippen molar-refractivity contribution in [2.75, 3.05) is 10.7 Å². The Hall–Kier alpha value is -1.96. The van der Waals surface area contributed by atoms with Crippen molar-refractivity contribution in [2.24, 2.45) is 11.6 Å². The van der Waals surface area contributed by atoms with Gasteiger partial charge in [0.15, 0.2) is 23.3 Å². The van der Waals surface area contributed by atoms with Crippen LogP contribution >= 0.6 is 0 Å². The highest BCUT2D eigenvalue weighted by molar-refractivity contribution is 5.86. The number of nitrogens with one attached hydrogen (secondary N) is 2. The summed E-state index contributed by atoms with van der Waals surface area (Å²) in [6, 6.07) is 0.599. The molecule has 6 nitrogen and oxygen atoms in total. The number of nitrogen functional groups attached to an aromatic ring is 1. The number of nitrogens with two attached hydrogens (primary N) is 2. The third kappa shape index (κ3) is 2.78. The van der Waals surface area contributed by atoms with E-state index in [1.165, 1.54) is 13.8 Å². The molecule has 0 aromatic carbocycles. The summed E-state index contributed by atoms with van der Waals surface area (Å²) in [4.78, 5) is 14.6.